The van der Waals surface area contributed by atoms with Crippen LogP contribution in [0.5, 0.6) is 0 Å². The summed E-state index contributed by atoms with van der Waals surface area (Å²) >= 11 is 2.08. The summed E-state index contributed by atoms with van der Waals surface area (Å²) < 4.78 is 0.472. The standard InChI is InChI=1S/C15H30N2S/c1-5-15(6-2,18-4)11-17-10-14(13-7-8-13)16-9-12(17)3/h12-14,16H,5-11H2,1-4H3. The zero-order valence-corrected chi connectivity index (χ0v) is 13.4. The van der Waals surface area contributed by atoms with Gasteiger partial charge >= 0.3 is 0 Å². The molecule has 1 saturated heterocycles. The molecule has 0 amide bonds. The second-order valence-corrected chi connectivity index (χ2v) is 7.50. The first-order chi connectivity index (χ1) is 8.64. The average Bonchev–Trinajstić information content (AvgIpc) is 3.23. The molecule has 1 N–H and O–H groups in total. The van der Waals surface area contributed by atoms with Crippen LogP contribution in [0.15, 0.2) is 0 Å². The first-order valence-electron chi connectivity index (χ1n) is 7.66. The van der Waals surface area contributed by atoms with Crippen LogP contribution < -0.4 is 5.32 Å². The molecule has 1 aliphatic heterocycles. The highest BCUT2D eigenvalue weighted by Crippen LogP contribution is 2.36. The molecule has 0 aromatic carbocycles. The first-order valence-corrected chi connectivity index (χ1v) is 8.89. The molecule has 18 heavy (non-hydrogen) atoms. The van der Waals surface area contributed by atoms with E-state index >= 15 is 0 Å². The van der Waals surface area contributed by atoms with Gasteiger partial charge in [0.05, 0.1) is 0 Å². The quantitative estimate of drug-likeness (QED) is 0.799. The smallest absolute Gasteiger partial charge is 0.0279 e. The summed E-state index contributed by atoms with van der Waals surface area (Å²) in [5.74, 6) is 0.979. The minimum absolute atomic E-state index is 0.472. The maximum Gasteiger partial charge on any atom is 0.0279 e. The van der Waals surface area contributed by atoms with Gasteiger partial charge in [-0.15, -0.1) is 0 Å². The van der Waals surface area contributed by atoms with E-state index in [1.54, 1.807) is 0 Å². The summed E-state index contributed by atoms with van der Waals surface area (Å²) in [5, 5.41) is 3.75. The Labute approximate surface area is 117 Å². The Morgan fingerprint density at radius 2 is 1.94 bits per heavy atom. The van der Waals surface area contributed by atoms with Crippen LogP contribution in [0.25, 0.3) is 0 Å². The molecule has 2 unspecified atom stereocenters. The van der Waals surface area contributed by atoms with E-state index in [1.165, 1.54) is 45.3 Å². The third-order valence-electron chi connectivity index (χ3n) is 5.13. The molecular weight excluding hydrogens is 240 g/mol. The third kappa shape index (κ3) is 3.23. The van der Waals surface area contributed by atoms with E-state index in [-0.39, 0.29) is 0 Å². The summed E-state index contributed by atoms with van der Waals surface area (Å²) in [6.45, 7) is 10.8. The van der Waals surface area contributed by atoms with Crippen LogP contribution in [0.4, 0.5) is 0 Å². The Morgan fingerprint density at radius 1 is 1.28 bits per heavy atom. The zero-order chi connectivity index (χ0) is 13.2. The van der Waals surface area contributed by atoms with Gasteiger partial charge in [0.15, 0.2) is 0 Å². The molecule has 1 saturated carbocycles. The molecule has 2 rings (SSSR count). The normalized spacial score (nSPS) is 30.7. The molecule has 1 aliphatic carbocycles. The molecule has 2 aliphatic rings. The molecule has 0 aromatic heterocycles. The van der Waals surface area contributed by atoms with Gasteiger partial charge in [0, 0.05) is 36.5 Å². The molecule has 0 radical (unpaired) electrons. The molecule has 2 atom stereocenters. The van der Waals surface area contributed by atoms with E-state index < -0.39 is 0 Å². The van der Waals surface area contributed by atoms with Crippen molar-refractivity contribution in [2.45, 2.75) is 63.3 Å². The van der Waals surface area contributed by atoms with Crippen LogP contribution in [0.2, 0.25) is 0 Å². The van der Waals surface area contributed by atoms with Crippen molar-refractivity contribution < 1.29 is 0 Å². The Bertz CT molecular complexity index is 253. The number of nitrogens with one attached hydrogen (secondary N) is 1. The van der Waals surface area contributed by atoms with Crippen LogP contribution >= 0.6 is 11.8 Å². The number of nitrogens with zero attached hydrogens (tertiary/aromatic N) is 1. The molecule has 0 spiro atoms. The summed E-state index contributed by atoms with van der Waals surface area (Å²) in [6.07, 6.45) is 7.77. The Hall–Kier alpha value is 0.270. The number of rotatable bonds is 6. The van der Waals surface area contributed by atoms with Gasteiger partial charge in [-0.25, -0.2) is 0 Å². The van der Waals surface area contributed by atoms with Gasteiger partial charge in [-0.05, 0) is 44.8 Å². The number of hydrogen-bond donors (Lipinski definition) is 1. The first kappa shape index (κ1) is 14.7. The maximum atomic E-state index is 3.75. The van der Waals surface area contributed by atoms with Gasteiger partial charge in [-0.2, -0.15) is 11.8 Å². The summed E-state index contributed by atoms with van der Waals surface area (Å²) in [5.41, 5.74) is 0. The van der Waals surface area contributed by atoms with Gasteiger partial charge in [0.2, 0.25) is 0 Å². The van der Waals surface area contributed by atoms with Gasteiger partial charge < -0.3 is 5.32 Å². The maximum absolute atomic E-state index is 3.75. The molecule has 3 heteroatoms. The topological polar surface area (TPSA) is 15.3 Å². The van der Waals surface area contributed by atoms with Crippen molar-refractivity contribution in [3.05, 3.63) is 0 Å². The van der Waals surface area contributed by atoms with Crippen LogP contribution in [-0.4, -0.2) is 47.6 Å². The lowest BCUT2D eigenvalue weighted by Crippen LogP contribution is -2.58. The largest absolute Gasteiger partial charge is 0.311 e. The third-order valence-corrected chi connectivity index (χ3v) is 6.71. The van der Waals surface area contributed by atoms with Crippen molar-refractivity contribution in [2.24, 2.45) is 5.92 Å². The lowest BCUT2D eigenvalue weighted by molar-refractivity contribution is 0.118. The predicted octanol–water partition coefficient (Wildman–Crippen LogP) is 2.98. The Kier molecular flexibility index (Phi) is 5.01. The van der Waals surface area contributed by atoms with E-state index in [1.807, 2.05) is 0 Å². The van der Waals surface area contributed by atoms with Crippen LogP contribution in [0.1, 0.15) is 46.5 Å². The zero-order valence-electron chi connectivity index (χ0n) is 12.5. The van der Waals surface area contributed by atoms with Crippen molar-refractivity contribution in [1.82, 2.24) is 10.2 Å². The molecule has 2 nitrogen and oxygen atoms in total. The highest BCUT2D eigenvalue weighted by Gasteiger charge is 2.38. The van der Waals surface area contributed by atoms with Crippen LogP contribution in [0, 0.1) is 5.92 Å². The average molecular weight is 270 g/mol. The van der Waals surface area contributed by atoms with E-state index in [9.17, 15) is 0 Å². The fourth-order valence-electron chi connectivity index (χ4n) is 3.18. The van der Waals surface area contributed by atoms with Gasteiger partial charge in [0.25, 0.3) is 0 Å². The second-order valence-electron chi connectivity index (χ2n) is 6.22. The summed E-state index contributed by atoms with van der Waals surface area (Å²) in [4.78, 5) is 2.75. The molecule has 106 valence electrons. The molecule has 0 bridgehead atoms. The minimum Gasteiger partial charge on any atom is -0.311 e. The monoisotopic (exact) mass is 270 g/mol. The highest BCUT2D eigenvalue weighted by atomic mass is 32.2. The van der Waals surface area contributed by atoms with Crippen molar-refractivity contribution in [3.63, 3.8) is 0 Å². The number of thioether (sulfide) groups is 1. The highest BCUT2D eigenvalue weighted by molar-refractivity contribution is 8.00. The van der Waals surface area contributed by atoms with Gasteiger partial charge in [0.1, 0.15) is 0 Å². The van der Waals surface area contributed by atoms with Crippen molar-refractivity contribution in [3.8, 4) is 0 Å². The van der Waals surface area contributed by atoms with E-state index in [0.29, 0.717) is 10.8 Å². The van der Waals surface area contributed by atoms with E-state index in [4.69, 9.17) is 0 Å². The van der Waals surface area contributed by atoms with Crippen molar-refractivity contribution in [2.75, 3.05) is 25.9 Å². The fraction of sp³-hybridized carbons (Fsp3) is 1.00. The van der Waals surface area contributed by atoms with E-state index in [2.05, 4.69) is 49.0 Å². The molecule has 1 heterocycles. The SMILES string of the molecule is CCC(CC)(CN1CC(C2CC2)NCC1C)SC. The molecule has 0 aromatic rings. The Balaban J connectivity index is 1.96. The van der Waals surface area contributed by atoms with E-state index in [0.717, 1.165) is 12.0 Å². The minimum atomic E-state index is 0.472. The fourth-order valence-corrected chi connectivity index (χ4v) is 4.05. The lowest BCUT2D eigenvalue weighted by atomic mass is 9.98. The molecule has 2 fully saturated rings. The molecular formula is C15H30N2S. The van der Waals surface area contributed by atoms with Crippen molar-refractivity contribution in [1.29, 1.82) is 0 Å². The number of hydrogen-bond acceptors (Lipinski definition) is 3. The van der Waals surface area contributed by atoms with Crippen LogP contribution in [-0.2, 0) is 0 Å². The Morgan fingerprint density at radius 3 is 2.44 bits per heavy atom. The number of piperazine rings is 1. The second kappa shape index (κ2) is 6.15. The summed E-state index contributed by atoms with van der Waals surface area (Å²) in [6, 6.07) is 1.47. The van der Waals surface area contributed by atoms with Gasteiger partial charge in [-0.3, -0.25) is 4.90 Å². The lowest BCUT2D eigenvalue weighted by Gasteiger charge is -2.44. The van der Waals surface area contributed by atoms with Crippen LogP contribution in [0.3, 0.4) is 0 Å². The predicted molar refractivity (Wildman–Crippen MR) is 82.4 cm³/mol. The van der Waals surface area contributed by atoms with Gasteiger partial charge in [-0.1, -0.05) is 13.8 Å². The van der Waals surface area contributed by atoms with Crippen molar-refractivity contribution >= 4 is 11.8 Å². The summed E-state index contributed by atoms with van der Waals surface area (Å²) in [7, 11) is 0.